The zero-order valence-electron chi connectivity index (χ0n) is 11.8. The molecule has 2 rings (SSSR count). The highest BCUT2D eigenvalue weighted by molar-refractivity contribution is 5.97. The Morgan fingerprint density at radius 1 is 1.30 bits per heavy atom. The highest BCUT2D eigenvalue weighted by Gasteiger charge is 2.16. The van der Waals surface area contributed by atoms with Crippen LogP contribution in [0.15, 0.2) is 18.2 Å². The van der Waals surface area contributed by atoms with E-state index in [-0.39, 0.29) is 5.78 Å². The predicted molar refractivity (Wildman–Crippen MR) is 78.6 cm³/mol. The summed E-state index contributed by atoms with van der Waals surface area (Å²) in [5, 5.41) is 0. The number of rotatable bonds is 5. The van der Waals surface area contributed by atoms with Gasteiger partial charge >= 0.3 is 0 Å². The van der Waals surface area contributed by atoms with E-state index in [1.54, 1.807) is 11.0 Å². The molecular weight excluding hydrogens is 254 g/mol. The maximum absolute atomic E-state index is 12.1. The molecular formula is C15H21N3O2. The zero-order valence-corrected chi connectivity index (χ0v) is 11.8. The molecule has 1 saturated heterocycles. The van der Waals surface area contributed by atoms with Crippen LogP contribution in [0.1, 0.15) is 22.3 Å². The SMILES string of the molecule is Cc1ccc(C(=O)CCN2CCN(C=O)CC2)cc1N. The number of piperazine rings is 1. The van der Waals surface area contributed by atoms with Crippen molar-refractivity contribution in [1.29, 1.82) is 0 Å². The Labute approximate surface area is 119 Å². The first-order valence-electron chi connectivity index (χ1n) is 6.91. The van der Waals surface area contributed by atoms with E-state index in [2.05, 4.69) is 4.90 Å². The molecule has 1 heterocycles. The van der Waals surface area contributed by atoms with E-state index in [9.17, 15) is 9.59 Å². The van der Waals surface area contributed by atoms with Crippen LogP contribution in [0.2, 0.25) is 0 Å². The number of nitrogens with two attached hydrogens (primary N) is 1. The molecule has 5 nitrogen and oxygen atoms in total. The van der Waals surface area contributed by atoms with Gasteiger partial charge in [0, 0.05) is 50.4 Å². The van der Waals surface area contributed by atoms with Crippen LogP contribution in [0.3, 0.4) is 0 Å². The fourth-order valence-corrected chi connectivity index (χ4v) is 2.31. The minimum atomic E-state index is 0.120. The lowest BCUT2D eigenvalue weighted by atomic mass is 10.0. The second-order valence-electron chi connectivity index (χ2n) is 5.23. The number of nitrogen functional groups attached to an aromatic ring is 1. The van der Waals surface area contributed by atoms with Gasteiger partial charge in [-0.3, -0.25) is 14.5 Å². The van der Waals surface area contributed by atoms with Crippen LogP contribution in [0.25, 0.3) is 0 Å². The summed E-state index contributed by atoms with van der Waals surface area (Å²) < 4.78 is 0. The molecule has 2 N–H and O–H groups in total. The van der Waals surface area contributed by atoms with Crippen LogP contribution in [0.4, 0.5) is 5.69 Å². The van der Waals surface area contributed by atoms with E-state index in [1.165, 1.54) is 0 Å². The quantitative estimate of drug-likeness (QED) is 0.493. The molecule has 0 radical (unpaired) electrons. The number of ketones is 1. The number of anilines is 1. The lowest BCUT2D eigenvalue weighted by Gasteiger charge is -2.32. The summed E-state index contributed by atoms with van der Waals surface area (Å²) in [5.41, 5.74) is 8.16. The first-order valence-corrected chi connectivity index (χ1v) is 6.91. The average molecular weight is 275 g/mol. The third kappa shape index (κ3) is 3.57. The van der Waals surface area contributed by atoms with Crippen LogP contribution < -0.4 is 5.73 Å². The maximum atomic E-state index is 12.1. The summed E-state index contributed by atoms with van der Waals surface area (Å²) in [4.78, 5) is 26.7. The molecule has 0 aromatic heterocycles. The lowest BCUT2D eigenvalue weighted by molar-refractivity contribution is -0.119. The van der Waals surface area contributed by atoms with Gasteiger partial charge < -0.3 is 10.6 Å². The number of benzene rings is 1. The third-order valence-electron chi connectivity index (χ3n) is 3.81. The van der Waals surface area contributed by atoms with Crippen molar-refractivity contribution in [2.24, 2.45) is 0 Å². The minimum absolute atomic E-state index is 0.120. The van der Waals surface area contributed by atoms with Gasteiger partial charge in [0.15, 0.2) is 5.78 Å². The first-order chi connectivity index (χ1) is 9.60. The van der Waals surface area contributed by atoms with Gasteiger partial charge in [-0.15, -0.1) is 0 Å². The Hall–Kier alpha value is -1.88. The average Bonchev–Trinajstić information content (AvgIpc) is 2.48. The second kappa shape index (κ2) is 6.52. The topological polar surface area (TPSA) is 66.6 Å². The highest BCUT2D eigenvalue weighted by atomic mass is 16.1. The van der Waals surface area contributed by atoms with Crippen molar-refractivity contribution < 1.29 is 9.59 Å². The monoisotopic (exact) mass is 275 g/mol. The van der Waals surface area contributed by atoms with Crippen molar-refractivity contribution in [3.63, 3.8) is 0 Å². The predicted octanol–water partition coefficient (Wildman–Crippen LogP) is 0.924. The minimum Gasteiger partial charge on any atom is -0.398 e. The second-order valence-corrected chi connectivity index (χ2v) is 5.23. The van der Waals surface area contributed by atoms with Crippen molar-refractivity contribution in [3.05, 3.63) is 29.3 Å². The molecule has 1 amide bonds. The fourth-order valence-electron chi connectivity index (χ4n) is 2.31. The molecule has 5 heteroatoms. The number of aryl methyl sites for hydroxylation is 1. The van der Waals surface area contributed by atoms with Gasteiger partial charge in [-0.2, -0.15) is 0 Å². The third-order valence-corrected chi connectivity index (χ3v) is 3.81. The van der Waals surface area contributed by atoms with E-state index in [0.29, 0.717) is 17.7 Å². The summed E-state index contributed by atoms with van der Waals surface area (Å²) in [7, 11) is 0. The van der Waals surface area contributed by atoms with Crippen LogP contribution in [0, 0.1) is 6.92 Å². The summed E-state index contributed by atoms with van der Waals surface area (Å²) in [5.74, 6) is 0.120. The Morgan fingerprint density at radius 2 is 2.00 bits per heavy atom. The van der Waals surface area contributed by atoms with Gasteiger partial charge in [0.2, 0.25) is 6.41 Å². The maximum Gasteiger partial charge on any atom is 0.209 e. The Balaban J connectivity index is 1.83. The molecule has 20 heavy (non-hydrogen) atoms. The molecule has 0 bridgehead atoms. The van der Waals surface area contributed by atoms with Crippen LogP contribution >= 0.6 is 0 Å². The summed E-state index contributed by atoms with van der Waals surface area (Å²) in [6.07, 6.45) is 1.38. The van der Waals surface area contributed by atoms with Crippen LogP contribution in [0.5, 0.6) is 0 Å². The first kappa shape index (κ1) is 14.5. The normalized spacial score (nSPS) is 16.1. The fraction of sp³-hybridized carbons (Fsp3) is 0.467. The van der Waals surface area contributed by atoms with Crippen LogP contribution in [-0.2, 0) is 4.79 Å². The Bertz CT molecular complexity index is 494. The Morgan fingerprint density at radius 3 is 2.60 bits per heavy atom. The summed E-state index contributed by atoms with van der Waals surface area (Å²) in [6.45, 7) is 5.82. The molecule has 0 atom stereocenters. The largest absolute Gasteiger partial charge is 0.398 e. The molecule has 108 valence electrons. The number of hydrogen-bond donors (Lipinski definition) is 1. The smallest absolute Gasteiger partial charge is 0.209 e. The van der Waals surface area contributed by atoms with Crippen molar-refractivity contribution in [1.82, 2.24) is 9.80 Å². The van der Waals surface area contributed by atoms with Crippen molar-refractivity contribution in [2.45, 2.75) is 13.3 Å². The lowest BCUT2D eigenvalue weighted by Crippen LogP contribution is -2.46. The van der Waals surface area contributed by atoms with Gasteiger partial charge in [-0.1, -0.05) is 12.1 Å². The van der Waals surface area contributed by atoms with Gasteiger partial charge in [0.1, 0.15) is 0 Å². The highest BCUT2D eigenvalue weighted by Crippen LogP contribution is 2.14. The molecule has 1 aliphatic heterocycles. The van der Waals surface area contributed by atoms with Crippen LogP contribution in [-0.4, -0.2) is 54.7 Å². The van der Waals surface area contributed by atoms with Gasteiger partial charge in [0.25, 0.3) is 0 Å². The van der Waals surface area contributed by atoms with Gasteiger partial charge in [-0.25, -0.2) is 0 Å². The van der Waals surface area contributed by atoms with E-state index in [0.717, 1.165) is 44.7 Å². The number of amides is 1. The van der Waals surface area contributed by atoms with Crippen molar-refractivity contribution >= 4 is 17.9 Å². The van der Waals surface area contributed by atoms with E-state index >= 15 is 0 Å². The Kier molecular flexibility index (Phi) is 4.74. The molecule has 0 unspecified atom stereocenters. The van der Waals surface area contributed by atoms with Crippen molar-refractivity contribution in [2.75, 3.05) is 38.5 Å². The number of nitrogens with zero attached hydrogens (tertiary/aromatic N) is 2. The standard InChI is InChI=1S/C15H21N3O2/c1-12-2-3-13(10-14(12)16)15(20)4-5-17-6-8-18(11-19)9-7-17/h2-3,10-11H,4-9,16H2,1H3. The molecule has 1 aromatic carbocycles. The molecule has 1 aromatic rings. The van der Waals surface area contributed by atoms with E-state index in [4.69, 9.17) is 5.73 Å². The number of Topliss-reactive ketones (excluding diaryl/α,β-unsaturated/α-hetero) is 1. The zero-order chi connectivity index (χ0) is 14.5. The van der Waals surface area contributed by atoms with Gasteiger partial charge in [-0.05, 0) is 18.6 Å². The molecule has 0 saturated carbocycles. The molecule has 1 aliphatic rings. The van der Waals surface area contributed by atoms with E-state index < -0.39 is 0 Å². The summed E-state index contributed by atoms with van der Waals surface area (Å²) in [6, 6.07) is 5.46. The molecule has 1 fully saturated rings. The molecule has 0 spiro atoms. The summed E-state index contributed by atoms with van der Waals surface area (Å²) >= 11 is 0. The number of hydrogen-bond acceptors (Lipinski definition) is 4. The molecule has 0 aliphatic carbocycles. The number of carbonyl (C=O) groups is 2. The van der Waals surface area contributed by atoms with E-state index in [1.807, 2.05) is 19.1 Å². The van der Waals surface area contributed by atoms with Gasteiger partial charge in [0.05, 0.1) is 0 Å². The van der Waals surface area contributed by atoms with Crippen molar-refractivity contribution in [3.8, 4) is 0 Å². The number of carbonyl (C=O) groups excluding carboxylic acids is 2.